The molecule has 28 heavy (non-hydrogen) atoms. The maximum Gasteiger partial charge on any atom is 0.273 e. The molecule has 1 amide bonds. The number of amides is 1. The highest BCUT2D eigenvalue weighted by Crippen LogP contribution is 2.30. The predicted octanol–water partition coefficient (Wildman–Crippen LogP) is 3.03. The molecule has 0 atom stereocenters. The molecule has 0 aliphatic rings. The van der Waals surface area contributed by atoms with E-state index in [-0.39, 0.29) is 18.4 Å². The molecule has 0 radical (unpaired) electrons. The summed E-state index contributed by atoms with van der Waals surface area (Å²) in [4.78, 5) is 17.5. The number of benzene rings is 2. The number of carbonyl (C=O) groups is 1. The summed E-state index contributed by atoms with van der Waals surface area (Å²) in [5, 5.41) is 11.8. The number of nitrogens with one attached hydrogen (secondary N) is 1. The summed E-state index contributed by atoms with van der Waals surface area (Å²) in [6.45, 7) is 2.91. The number of hydrogen-bond donors (Lipinski definition) is 2. The number of imidazole rings is 1. The van der Waals surface area contributed by atoms with E-state index < -0.39 is 0 Å². The first-order valence-electron chi connectivity index (χ1n) is 9.29. The van der Waals surface area contributed by atoms with Crippen LogP contribution >= 0.6 is 0 Å². The lowest BCUT2D eigenvalue weighted by Crippen LogP contribution is -2.28. The molecule has 2 aromatic carbocycles. The van der Waals surface area contributed by atoms with Crippen LogP contribution in [0.5, 0.6) is 5.88 Å². The number of ether oxygens (including phenoxy) is 1. The molecular formula is C22H25N3O3. The maximum absolute atomic E-state index is 12.9. The van der Waals surface area contributed by atoms with Gasteiger partial charge in [0.1, 0.15) is 5.82 Å². The van der Waals surface area contributed by atoms with Gasteiger partial charge in [0, 0.05) is 25.3 Å². The van der Waals surface area contributed by atoms with Gasteiger partial charge in [-0.25, -0.2) is 0 Å². The van der Waals surface area contributed by atoms with Crippen LogP contribution in [0.2, 0.25) is 0 Å². The van der Waals surface area contributed by atoms with Crippen molar-refractivity contribution < 1.29 is 14.6 Å². The summed E-state index contributed by atoms with van der Waals surface area (Å²) in [5.41, 5.74) is 3.45. The second kappa shape index (κ2) is 9.19. The zero-order valence-corrected chi connectivity index (χ0v) is 16.2. The zero-order chi connectivity index (χ0) is 19.9. The zero-order valence-electron chi connectivity index (χ0n) is 16.2. The number of rotatable bonds is 8. The number of nitrogens with zero attached hydrogens (tertiary/aromatic N) is 2. The lowest BCUT2D eigenvalue weighted by atomic mass is 10.1. The number of aliphatic hydroxyl groups is 1. The minimum absolute atomic E-state index is 0.0230. The van der Waals surface area contributed by atoms with Crippen LogP contribution in [-0.4, -0.2) is 40.8 Å². The Kier molecular flexibility index (Phi) is 6.45. The Morgan fingerprint density at radius 3 is 2.54 bits per heavy atom. The Balaban J connectivity index is 2.11. The van der Waals surface area contributed by atoms with Crippen molar-refractivity contribution in [2.75, 3.05) is 20.3 Å². The van der Waals surface area contributed by atoms with Crippen LogP contribution in [0.15, 0.2) is 54.6 Å². The van der Waals surface area contributed by atoms with Gasteiger partial charge in [0.15, 0.2) is 5.69 Å². The number of aromatic nitrogens is 2. The van der Waals surface area contributed by atoms with Gasteiger partial charge in [0.25, 0.3) is 5.91 Å². The van der Waals surface area contributed by atoms with Crippen LogP contribution in [0, 0.1) is 6.92 Å². The number of aliphatic hydroxyl groups excluding tert-OH is 1. The third kappa shape index (κ3) is 4.23. The van der Waals surface area contributed by atoms with Crippen LogP contribution in [0.1, 0.15) is 28.0 Å². The average Bonchev–Trinajstić information content (AvgIpc) is 3.07. The molecule has 0 unspecified atom stereocenters. The second-order valence-corrected chi connectivity index (χ2v) is 6.51. The highest BCUT2D eigenvalue weighted by molar-refractivity contribution is 5.96. The van der Waals surface area contributed by atoms with E-state index in [0.717, 1.165) is 16.7 Å². The van der Waals surface area contributed by atoms with E-state index in [9.17, 15) is 4.79 Å². The van der Waals surface area contributed by atoms with Crippen LogP contribution in [0.3, 0.4) is 0 Å². The molecule has 6 nitrogen and oxygen atoms in total. The van der Waals surface area contributed by atoms with E-state index in [1.54, 1.807) is 0 Å². The van der Waals surface area contributed by atoms with Crippen LogP contribution in [0.25, 0.3) is 11.4 Å². The van der Waals surface area contributed by atoms with Crippen LogP contribution in [-0.2, 0) is 6.54 Å². The van der Waals surface area contributed by atoms with E-state index in [4.69, 9.17) is 9.84 Å². The van der Waals surface area contributed by atoms with Gasteiger partial charge in [0.05, 0.1) is 7.11 Å². The van der Waals surface area contributed by atoms with Gasteiger partial charge in [-0.2, -0.15) is 4.98 Å². The SMILES string of the molecule is COc1nc(-c2ccccc2C)n(Cc2ccccc2)c1C(=O)NCCCO. The molecule has 0 aliphatic heterocycles. The third-order valence-electron chi connectivity index (χ3n) is 4.53. The molecule has 0 bridgehead atoms. The third-order valence-corrected chi connectivity index (χ3v) is 4.53. The van der Waals surface area contributed by atoms with Crippen LogP contribution in [0.4, 0.5) is 0 Å². The van der Waals surface area contributed by atoms with Gasteiger partial charge in [-0.05, 0) is 24.5 Å². The molecule has 0 aliphatic carbocycles. The number of hydrogen-bond acceptors (Lipinski definition) is 4. The van der Waals surface area contributed by atoms with E-state index in [0.29, 0.717) is 31.0 Å². The van der Waals surface area contributed by atoms with Gasteiger partial charge < -0.3 is 19.7 Å². The fraction of sp³-hybridized carbons (Fsp3) is 0.273. The van der Waals surface area contributed by atoms with Crippen molar-refractivity contribution in [1.29, 1.82) is 0 Å². The van der Waals surface area contributed by atoms with Gasteiger partial charge >= 0.3 is 0 Å². The number of methoxy groups -OCH3 is 1. The largest absolute Gasteiger partial charge is 0.479 e. The fourth-order valence-corrected chi connectivity index (χ4v) is 3.11. The Labute approximate surface area is 164 Å². The molecule has 146 valence electrons. The summed E-state index contributed by atoms with van der Waals surface area (Å²) in [5.74, 6) is 0.704. The first kappa shape index (κ1) is 19.6. The second-order valence-electron chi connectivity index (χ2n) is 6.51. The standard InChI is InChI=1S/C22H25N3O3/c1-16-9-6-7-12-18(16)20-24-22(28-2)19(21(27)23-13-8-14-26)25(20)15-17-10-4-3-5-11-17/h3-7,9-12,26H,8,13-15H2,1-2H3,(H,23,27). The van der Waals surface area contributed by atoms with Gasteiger partial charge in [0.2, 0.25) is 5.88 Å². The molecule has 0 fully saturated rings. The normalized spacial score (nSPS) is 10.7. The minimum Gasteiger partial charge on any atom is -0.479 e. The maximum atomic E-state index is 12.9. The minimum atomic E-state index is -0.270. The molecule has 2 N–H and O–H groups in total. The predicted molar refractivity (Wildman–Crippen MR) is 109 cm³/mol. The van der Waals surface area contributed by atoms with Gasteiger partial charge in [-0.3, -0.25) is 4.79 Å². The van der Waals surface area contributed by atoms with E-state index >= 15 is 0 Å². The Hall–Kier alpha value is -3.12. The quantitative estimate of drug-likeness (QED) is 0.590. The summed E-state index contributed by atoms with van der Waals surface area (Å²) in [7, 11) is 1.52. The van der Waals surface area contributed by atoms with E-state index in [1.807, 2.05) is 66.1 Å². The van der Waals surface area contributed by atoms with Crippen molar-refractivity contribution in [2.24, 2.45) is 0 Å². The highest BCUT2D eigenvalue weighted by atomic mass is 16.5. The van der Waals surface area contributed by atoms with Crippen molar-refractivity contribution >= 4 is 5.91 Å². The first-order valence-corrected chi connectivity index (χ1v) is 9.29. The van der Waals surface area contributed by atoms with Crippen molar-refractivity contribution in [2.45, 2.75) is 19.9 Å². The summed E-state index contributed by atoms with van der Waals surface area (Å²) < 4.78 is 7.34. The molecule has 0 spiro atoms. The fourth-order valence-electron chi connectivity index (χ4n) is 3.11. The number of aryl methyl sites for hydroxylation is 1. The van der Waals surface area contributed by atoms with Crippen molar-refractivity contribution in [3.05, 3.63) is 71.4 Å². The Morgan fingerprint density at radius 1 is 1.14 bits per heavy atom. The van der Waals surface area contributed by atoms with Gasteiger partial charge in [-0.1, -0.05) is 54.6 Å². The smallest absolute Gasteiger partial charge is 0.273 e. The molecule has 3 aromatic rings. The molecule has 6 heteroatoms. The van der Waals surface area contributed by atoms with Crippen LogP contribution < -0.4 is 10.1 Å². The molecule has 1 heterocycles. The topological polar surface area (TPSA) is 76.4 Å². The van der Waals surface area contributed by atoms with Gasteiger partial charge in [-0.15, -0.1) is 0 Å². The van der Waals surface area contributed by atoms with Crippen molar-refractivity contribution in [1.82, 2.24) is 14.9 Å². The number of carbonyl (C=O) groups excluding carboxylic acids is 1. The lowest BCUT2D eigenvalue weighted by molar-refractivity contribution is 0.0939. The lowest BCUT2D eigenvalue weighted by Gasteiger charge is -2.13. The summed E-state index contributed by atoms with van der Waals surface area (Å²) in [6.07, 6.45) is 0.492. The molecule has 3 rings (SSSR count). The highest BCUT2D eigenvalue weighted by Gasteiger charge is 2.25. The Morgan fingerprint density at radius 2 is 1.86 bits per heavy atom. The van der Waals surface area contributed by atoms with Crippen molar-refractivity contribution in [3.8, 4) is 17.3 Å². The molecule has 1 aromatic heterocycles. The Bertz CT molecular complexity index is 935. The molecule has 0 saturated carbocycles. The van der Waals surface area contributed by atoms with Crippen molar-refractivity contribution in [3.63, 3.8) is 0 Å². The first-order chi connectivity index (χ1) is 13.7. The molecule has 0 saturated heterocycles. The molecular weight excluding hydrogens is 354 g/mol. The van der Waals surface area contributed by atoms with E-state index in [1.165, 1.54) is 7.11 Å². The summed E-state index contributed by atoms with van der Waals surface area (Å²) in [6, 6.07) is 17.9. The monoisotopic (exact) mass is 379 g/mol. The summed E-state index contributed by atoms with van der Waals surface area (Å²) >= 11 is 0. The van der Waals surface area contributed by atoms with E-state index in [2.05, 4.69) is 10.3 Å². The average molecular weight is 379 g/mol.